The molecule has 0 bridgehead atoms. The predicted octanol–water partition coefficient (Wildman–Crippen LogP) is 4.37. The quantitative estimate of drug-likeness (QED) is 0.412. The summed E-state index contributed by atoms with van der Waals surface area (Å²) in [6.45, 7) is 17.1. The van der Waals surface area contributed by atoms with Crippen molar-refractivity contribution in [1.29, 1.82) is 0 Å². The minimum atomic E-state index is -2.84. The van der Waals surface area contributed by atoms with Crippen molar-refractivity contribution in [3.8, 4) is 0 Å². The van der Waals surface area contributed by atoms with Crippen molar-refractivity contribution in [1.82, 2.24) is 0 Å². The average molecular weight is 276 g/mol. The zero-order valence-corrected chi connectivity index (χ0v) is 14.1. The molecule has 0 unspecified atom stereocenters. The minimum absolute atomic E-state index is 0.164. The van der Waals surface area contributed by atoms with Crippen molar-refractivity contribution in [2.24, 2.45) is 10.8 Å². The first kappa shape index (κ1) is 18.1. The summed E-state index contributed by atoms with van der Waals surface area (Å²) in [5, 5.41) is 0. The molecule has 0 rings (SSSR count). The zero-order valence-electron chi connectivity index (χ0n) is 13.1. The molecule has 0 aromatic carbocycles. The van der Waals surface area contributed by atoms with E-state index in [-0.39, 0.29) is 5.41 Å². The number of allylic oxidation sites excluding steroid dienone is 1. The Balaban J connectivity index is 4.09. The van der Waals surface area contributed by atoms with Gasteiger partial charge in [-0.25, -0.2) is 0 Å². The normalized spacial score (nSPS) is 14.7. The molecule has 0 aromatic rings. The molecule has 0 fully saturated rings. The monoisotopic (exact) mass is 276 g/mol. The van der Waals surface area contributed by atoms with Crippen molar-refractivity contribution in [3.05, 3.63) is 12.2 Å². The molecule has 110 valence electrons. The van der Waals surface area contributed by atoms with E-state index >= 15 is 0 Å². The number of hydrogen-bond donors (Lipinski definition) is 2. The van der Waals surface area contributed by atoms with E-state index in [0.717, 1.165) is 25.7 Å². The van der Waals surface area contributed by atoms with E-state index < -0.39 is 7.72 Å². The van der Waals surface area contributed by atoms with Gasteiger partial charge in [0, 0.05) is 0 Å². The average Bonchev–Trinajstić information content (AvgIpc) is 2.06. The van der Waals surface area contributed by atoms with Crippen LogP contribution in [0.3, 0.4) is 0 Å². The van der Waals surface area contributed by atoms with Crippen LogP contribution in [0.15, 0.2) is 12.2 Å². The topological polar surface area (TPSA) is 40.5 Å². The first-order chi connectivity index (χ1) is 7.83. The van der Waals surface area contributed by atoms with Gasteiger partial charge in [0.05, 0.1) is 0 Å². The molecule has 0 aliphatic carbocycles. The molecule has 0 spiro atoms. The summed E-state index contributed by atoms with van der Waals surface area (Å²) in [6, 6.07) is 0. The predicted molar refractivity (Wildman–Crippen MR) is 84.4 cm³/mol. The Bertz CT molecular complexity index is 269. The van der Waals surface area contributed by atoms with Gasteiger partial charge in [0.25, 0.3) is 0 Å². The molecule has 0 saturated carbocycles. The van der Waals surface area contributed by atoms with Gasteiger partial charge >= 0.3 is 114 Å². The van der Waals surface area contributed by atoms with E-state index in [4.69, 9.17) is 0 Å². The van der Waals surface area contributed by atoms with E-state index in [1.165, 1.54) is 5.57 Å². The van der Waals surface area contributed by atoms with Crippen LogP contribution in [0, 0.1) is 10.8 Å². The molecule has 0 aromatic heterocycles. The van der Waals surface area contributed by atoms with Crippen molar-refractivity contribution in [3.63, 3.8) is 0 Å². The fraction of sp³-hybridized carbons (Fsp3) is 0.867. The molecule has 0 atom stereocenters. The Morgan fingerprint density at radius 2 is 1.56 bits per heavy atom. The summed E-state index contributed by atoms with van der Waals surface area (Å²) in [5.41, 5.74) is 1.77. The van der Waals surface area contributed by atoms with Crippen LogP contribution < -0.4 is 0 Å². The van der Waals surface area contributed by atoms with E-state index in [0.29, 0.717) is 11.6 Å². The van der Waals surface area contributed by atoms with Gasteiger partial charge in [0.2, 0.25) is 0 Å². The fourth-order valence-electron chi connectivity index (χ4n) is 2.59. The summed E-state index contributed by atoms with van der Waals surface area (Å²) in [4.78, 5) is 18.7. The van der Waals surface area contributed by atoms with Crippen molar-refractivity contribution in [2.75, 3.05) is 12.8 Å². The Kier molecular flexibility index (Phi) is 6.53. The Labute approximate surface area is 114 Å². The molecule has 0 aliphatic rings. The van der Waals surface area contributed by atoms with Crippen molar-refractivity contribution < 1.29 is 9.79 Å². The molecular weight excluding hydrogens is 243 g/mol. The van der Waals surface area contributed by atoms with Crippen LogP contribution in [0.1, 0.15) is 60.3 Å². The van der Waals surface area contributed by atoms with Crippen LogP contribution in [0.25, 0.3) is 0 Å². The van der Waals surface area contributed by atoms with Crippen LogP contribution in [-0.2, 0) is 0 Å². The molecular formula is C15H33O2P. The van der Waals surface area contributed by atoms with E-state index in [1.54, 1.807) is 6.66 Å². The van der Waals surface area contributed by atoms with Gasteiger partial charge in [-0.15, -0.1) is 0 Å². The third-order valence-electron chi connectivity index (χ3n) is 3.31. The zero-order chi connectivity index (χ0) is 14.6. The van der Waals surface area contributed by atoms with Gasteiger partial charge in [0.1, 0.15) is 0 Å². The summed E-state index contributed by atoms with van der Waals surface area (Å²) in [5.74, 6) is 0. The molecule has 3 heteroatoms. The summed E-state index contributed by atoms with van der Waals surface area (Å²) in [6.07, 6.45) is 4.59. The third-order valence-corrected chi connectivity index (χ3v) is 4.61. The standard InChI is InChI=1S/C15H33O2P/c1-13(10-8-9-11-18(7,16)17)15(5,6)12-14(2,3)4/h16-18H,1,8-12H2,2-7H3. The second kappa shape index (κ2) is 6.50. The first-order valence-electron chi connectivity index (χ1n) is 6.96. The molecule has 0 heterocycles. The molecule has 2 nitrogen and oxygen atoms in total. The summed E-state index contributed by atoms with van der Waals surface area (Å²) >= 11 is 0. The Morgan fingerprint density at radius 1 is 1.06 bits per heavy atom. The fourth-order valence-corrected chi connectivity index (χ4v) is 3.51. The van der Waals surface area contributed by atoms with E-state index in [2.05, 4.69) is 41.2 Å². The van der Waals surface area contributed by atoms with Gasteiger partial charge in [0.15, 0.2) is 0 Å². The van der Waals surface area contributed by atoms with Crippen LogP contribution in [0.4, 0.5) is 0 Å². The Morgan fingerprint density at radius 3 is 1.94 bits per heavy atom. The first-order valence-corrected chi connectivity index (χ1v) is 9.57. The van der Waals surface area contributed by atoms with Gasteiger partial charge in [-0.2, -0.15) is 0 Å². The van der Waals surface area contributed by atoms with Crippen LogP contribution in [-0.4, -0.2) is 22.6 Å². The molecule has 2 N–H and O–H groups in total. The molecule has 0 radical (unpaired) electrons. The van der Waals surface area contributed by atoms with E-state index in [9.17, 15) is 9.79 Å². The molecule has 0 saturated heterocycles. The van der Waals surface area contributed by atoms with Gasteiger partial charge < -0.3 is 0 Å². The van der Waals surface area contributed by atoms with E-state index in [1.807, 2.05) is 0 Å². The van der Waals surface area contributed by atoms with Crippen LogP contribution in [0.5, 0.6) is 0 Å². The number of unbranched alkanes of at least 4 members (excludes halogenated alkanes) is 1. The van der Waals surface area contributed by atoms with Gasteiger partial charge in [-0.05, 0) is 0 Å². The van der Waals surface area contributed by atoms with Crippen LogP contribution in [0.2, 0.25) is 0 Å². The van der Waals surface area contributed by atoms with Crippen molar-refractivity contribution in [2.45, 2.75) is 60.3 Å². The summed E-state index contributed by atoms with van der Waals surface area (Å²) in [7, 11) is -2.84. The number of rotatable bonds is 7. The van der Waals surface area contributed by atoms with Gasteiger partial charge in [-0.1, -0.05) is 0 Å². The second-order valence-electron chi connectivity index (χ2n) is 7.65. The molecule has 18 heavy (non-hydrogen) atoms. The summed E-state index contributed by atoms with van der Waals surface area (Å²) < 4.78 is 0. The maximum absolute atomic E-state index is 9.37. The van der Waals surface area contributed by atoms with Crippen molar-refractivity contribution >= 4 is 7.72 Å². The SMILES string of the molecule is C=C(CCCC[PH](C)(O)O)C(C)(C)CC(C)(C)C. The second-order valence-corrected chi connectivity index (χ2v) is 10.6. The number of hydrogen-bond acceptors (Lipinski definition) is 2. The molecule has 0 amide bonds. The van der Waals surface area contributed by atoms with Crippen LogP contribution >= 0.6 is 7.72 Å². The molecule has 0 aliphatic heterocycles. The Hall–Kier alpha value is 0.0900. The maximum atomic E-state index is 9.37. The van der Waals surface area contributed by atoms with Gasteiger partial charge in [-0.3, -0.25) is 0 Å². The third kappa shape index (κ3) is 9.08.